The molecular weight excluding hydrogens is 352 g/mol. The van der Waals surface area contributed by atoms with Crippen LogP contribution in [0.3, 0.4) is 0 Å². The number of hydrogen-bond acceptors (Lipinski definition) is 5. The average Bonchev–Trinajstić information content (AvgIpc) is 3.26. The van der Waals surface area contributed by atoms with Gasteiger partial charge in [0.1, 0.15) is 11.6 Å². The molecule has 28 heavy (non-hydrogen) atoms. The van der Waals surface area contributed by atoms with Crippen molar-refractivity contribution in [3.63, 3.8) is 0 Å². The summed E-state index contributed by atoms with van der Waals surface area (Å²) in [4.78, 5) is 22.0. The summed E-state index contributed by atoms with van der Waals surface area (Å²) < 4.78 is 2.24. The van der Waals surface area contributed by atoms with Crippen molar-refractivity contribution >= 4 is 16.8 Å². The number of nitrogens with zero attached hydrogens (tertiary/aromatic N) is 6. The molecule has 1 unspecified atom stereocenters. The van der Waals surface area contributed by atoms with Crippen LogP contribution >= 0.6 is 0 Å². The Morgan fingerprint density at radius 1 is 1.07 bits per heavy atom. The van der Waals surface area contributed by atoms with Crippen molar-refractivity contribution in [3.8, 4) is 0 Å². The van der Waals surface area contributed by atoms with Crippen LogP contribution in [0.25, 0.3) is 10.9 Å². The molecule has 5 rings (SSSR count). The lowest BCUT2D eigenvalue weighted by Gasteiger charge is -2.22. The maximum Gasteiger partial charge on any atom is 0.256 e. The third-order valence-corrected chi connectivity index (χ3v) is 6.02. The number of rotatable bonds is 2. The number of aromatic nitrogens is 4. The van der Waals surface area contributed by atoms with Crippen molar-refractivity contribution in [2.45, 2.75) is 31.8 Å². The molecular formula is C21H24N6O. The Hall–Kier alpha value is -2.80. The van der Waals surface area contributed by atoms with Gasteiger partial charge in [0, 0.05) is 37.6 Å². The molecule has 2 aliphatic heterocycles. The van der Waals surface area contributed by atoms with Crippen molar-refractivity contribution in [1.29, 1.82) is 0 Å². The predicted molar refractivity (Wildman–Crippen MR) is 106 cm³/mol. The number of benzene rings is 1. The smallest absolute Gasteiger partial charge is 0.256 e. The van der Waals surface area contributed by atoms with Gasteiger partial charge in [-0.2, -0.15) is 0 Å². The number of pyridine rings is 1. The van der Waals surface area contributed by atoms with E-state index in [9.17, 15) is 4.79 Å². The van der Waals surface area contributed by atoms with E-state index in [1.807, 2.05) is 35.2 Å². The zero-order valence-electron chi connectivity index (χ0n) is 16.1. The second-order valence-electron chi connectivity index (χ2n) is 7.69. The summed E-state index contributed by atoms with van der Waals surface area (Å²) in [5, 5.41) is 9.94. The molecule has 1 aromatic carbocycles. The van der Waals surface area contributed by atoms with Crippen molar-refractivity contribution in [1.82, 2.24) is 29.5 Å². The molecule has 4 heterocycles. The fourth-order valence-electron chi connectivity index (χ4n) is 4.48. The quantitative estimate of drug-likeness (QED) is 0.687. The maximum atomic E-state index is 13.3. The second kappa shape index (κ2) is 6.98. The molecule has 3 aromatic rings. The minimum Gasteiger partial charge on any atom is -0.336 e. The molecule has 0 spiro atoms. The van der Waals surface area contributed by atoms with Gasteiger partial charge in [-0.25, -0.2) is 0 Å². The van der Waals surface area contributed by atoms with Gasteiger partial charge in [-0.1, -0.05) is 18.2 Å². The third-order valence-electron chi connectivity index (χ3n) is 6.02. The van der Waals surface area contributed by atoms with Crippen LogP contribution in [-0.2, 0) is 13.0 Å². The van der Waals surface area contributed by atoms with Crippen molar-refractivity contribution in [2.24, 2.45) is 0 Å². The van der Waals surface area contributed by atoms with Crippen LogP contribution in [0.5, 0.6) is 0 Å². The first-order valence-corrected chi connectivity index (χ1v) is 9.97. The molecule has 1 fully saturated rings. The highest BCUT2D eigenvalue weighted by molar-refractivity contribution is 6.05. The fourth-order valence-corrected chi connectivity index (χ4v) is 4.48. The summed E-state index contributed by atoms with van der Waals surface area (Å²) in [7, 11) is 2.15. The van der Waals surface area contributed by atoms with Crippen LogP contribution in [0, 0.1) is 0 Å². The van der Waals surface area contributed by atoms with Crippen molar-refractivity contribution < 1.29 is 4.79 Å². The van der Waals surface area contributed by atoms with Crippen LogP contribution in [0.15, 0.2) is 36.5 Å². The van der Waals surface area contributed by atoms with E-state index in [-0.39, 0.29) is 5.91 Å². The summed E-state index contributed by atoms with van der Waals surface area (Å²) >= 11 is 0. The van der Waals surface area contributed by atoms with Gasteiger partial charge < -0.3 is 9.47 Å². The van der Waals surface area contributed by atoms with E-state index in [4.69, 9.17) is 0 Å². The Kier molecular flexibility index (Phi) is 4.31. The highest BCUT2D eigenvalue weighted by Gasteiger charge is 2.30. The van der Waals surface area contributed by atoms with E-state index >= 15 is 0 Å². The van der Waals surface area contributed by atoms with Gasteiger partial charge in [-0.3, -0.25) is 14.7 Å². The predicted octanol–water partition coefficient (Wildman–Crippen LogP) is 2.29. The zero-order chi connectivity index (χ0) is 19.1. The molecule has 144 valence electrons. The number of carbonyl (C=O) groups excluding carboxylic acids is 1. The van der Waals surface area contributed by atoms with Gasteiger partial charge in [0.25, 0.3) is 5.91 Å². The van der Waals surface area contributed by atoms with Crippen LogP contribution in [0.2, 0.25) is 0 Å². The van der Waals surface area contributed by atoms with Gasteiger partial charge >= 0.3 is 0 Å². The van der Waals surface area contributed by atoms with E-state index in [0.717, 1.165) is 48.5 Å². The van der Waals surface area contributed by atoms with Gasteiger partial charge in [-0.05, 0) is 38.6 Å². The molecule has 2 aliphatic rings. The second-order valence-corrected chi connectivity index (χ2v) is 7.69. The molecule has 7 nitrogen and oxygen atoms in total. The number of para-hydroxylation sites is 1. The molecule has 1 amide bonds. The molecule has 0 bridgehead atoms. The summed E-state index contributed by atoms with van der Waals surface area (Å²) in [5.74, 6) is 2.08. The number of hydrogen-bond donors (Lipinski definition) is 0. The Labute approximate surface area is 164 Å². The molecule has 2 aromatic heterocycles. The highest BCUT2D eigenvalue weighted by Crippen LogP contribution is 2.30. The average molecular weight is 376 g/mol. The first-order chi connectivity index (χ1) is 13.7. The monoisotopic (exact) mass is 376 g/mol. The summed E-state index contributed by atoms with van der Waals surface area (Å²) in [6.07, 6.45) is 4.79. The normalized spacial score (nSPS) is 20.3. The molecule has 1 saturated heterocycles. The summed E-state index contributed by atoms with van der Waals surface area (Å²) in [6.45, 7) is 3.16. The molecule has 0 aliphatic carbocycles. The minimum atomic E-state index is 0.0440. The lowest BCUT2D eigenvalue weighted by atomic mass is 10.1. The van der Waals surface area contributed by atoms with Crippen molar-refractivity contribution in [2.75, 3.05) is 26.7 Å². The molecule has 7 heteroatoms. The third kappa shape index (κ3) is 2.86. The van der Waals surface area contributed by atoms with Crippen molar-refractivity contribution in [3.05, 3.63) is 53.7 Å². The maximum absolute atomic E-state index is 13.3. The van der Waals surface area contributed by atoms with E-state index < -0.39 is 0 Å². The summed E-state index contributed by atoms with van der Waals surface area (Å²) in [5.41, 5.74) is 1.44. The molecule has 0 N–H and O–H groups in total. The minimum absolute atomic E-state index is 0.0440. The van der Waals surface area contributed by atoms with Gasteiger partial charge in [0.15, 0.2) is 0 Å². The lowest BCUT2D eigenvalue weighted by molar-refractivity contribution is 0.0760. The zero-order valence-corrected chi connectivity index (χ0v) is 16.1. The Bertz CT molecular complexity index is 1020. The fraction of sp³-hybridized carbons (Fsp3) is 0.429. The Morgan fingerprint density at radius 3 is 2.82 bits per heavy atom. The number of fused-ring (bicyclic) bond motifs is 2. The number of likely N-dealkylation sites (tertiary alicyclic amines) is 1. The summed E-state index contributed by atoms with van der Waals surface area (Å²) in [6, 6.07) is 10.0. The number of carbonyl (C=O) groups is 1. The van der Waals surface area contributed by atoms with Crippen LogP contribution in [-0.4, -0.2) is 62.1 Å². The SMILES string of the molecule is CN1CCCC1c1nnc2n1CCN(C(=O)c1cccc3cccnc13)CC2. The lowest BCUT2D eigenvalue weighted by Crippen LogP contribution is -2.34. The topological polar surface area (TPSA) is 67.2 Å². The van der Waals surface area contributed by atoms with Gasteiger partial charge in [0.2, 0.25) is 0 Å². The highest BCUT2D eigenvalue weighted by atomic mass is 16.2. The van der Waals surface area contributed by atoms with Crippen LogP contribution in [0.1, 0.15) is 40.9 Å². The van der Waals surface area contributed by atoms with E-state index in [1.165, 1.54) is 6.42 Å². The van der Waals surface area contributed by atoms with Crippen LogP contribution in [0.4, 0.5) is 0 Å². The Balaban J connectivity index is 1.40. The van der Waals surface area contributed by atoms with E-state index in [2.05, 4.69) is 31.7 Å². The van der Waals surface area contributed by atoms with E-state index in [0.29, 0.717) is 24.7 Å². The standard InChI is InChI=1S/C21H24N6O/c1-25-11-4-8-17(25)20-24-23-18-9-12-26(13-14-27(18)20)21(28)16-7-2-5-15-6-3-10-22-19(15)16/h2-3,5-7,10,17H,4,8-9,11-14H2,1H3. The molecule has 0 radical (unpaired) electrons. The van der Waals surface area contributed by atoms with Gasteiger partial charge in [-0.15, -0.1) is 10.2 Å². The molecule has 1 atom stereocenters. The number of amides is 1. The first-order valence-electron chi connectivity index (χ1n) is 9.97. The van der Waals surface area contributed by atoms with Crippen LogP contribution < -0.4 is 0 Å². The van der Waals surface area contributed by atoms with Gasteiger partial charge in [0.05, 0.1) is 17.1 Å². The largest absolute Gasteiger partial charge is 0.336 e. The Morgan fingerprint density at radius 2 is 1.96 bits per heavy atom. The first kappa shape index (κ1) is 17.3. The van der Waals surface area contributed by atoms with E-state index in [1.54, 1.807) is 6.20 Å². The molecule has 0 saturated carbocycles.